The molecule has 0 spiro atoms. The quantitative estimate of drug-likeness (QED) is 0.824. The van der Waals surface area contributed by atoms with E-state index < -0.39 is 0 Å². The molecule has 0 N–H and O–H groups in total. The third kappa shape index (κ3) is 3.31. The fourth-order valence-corrected chi connectivity index (χ4v) is 2.46. The number of nitrogens with zero attached hydrogens (tertiary/aromatic N) is 2. The summed E-state index contributed by atoms with van der Waals surface area (Å²) in [5.74, 6) is -0.345. The Kier molecular flexibility index (Phi) is 4.64. The summed E-state index contributed by atoms with van der Waals surface area (Å²) in [7, 11) is 0. The summed E-state index contributed by atoms with van der Waals surface area (Å²) in [5, 5.41) is 19.4. The minimum absolute atomic E-state index is 0.345. The Morgan fingerprint density at radius 2 is 1.85 bits per heavy atom. The van der Waals surface area contributed by atoms with E-state index >= 15 is 0 Å². The molecular formula is C16H10Cl2N2. The first-order valence-electron chi connectivity index (χ1n) is 5.97. The first-order chi connectivity index (χ1) is 9.63. The van der Waals surface area contributed by atoms with Gasteiger partial charge < -0.3 is 0 Å². The van der Waals surface area contributed by atoms with Crippen molar-refractivity contribution in [1.29, 1.82) is 10.5 Å². The molecule has 0 fully saturated rings. The molecule has 1 atom stereocenters. The zero-order valence-electron chi connectivity index (χ0n) is 10.5. The second-order valence-corrected chi connectivity index (χ2v) is 5.20. The molecule has 98 valence electrons. The van der Waals surface area contributed by atoms with Crippen LogP contribution >= 0.6 is 23.2 Å². The van der Waals surface area contributed by atoms with Crippen molar-refractivity contribution >= 4 is 23.2 Å². The van der Waals surface area contributed by atoms with Gasteiger partial charge in [-0.1, -0.05) is 41.4 Å². The smallest absolute Gasteiger partial charge is 0.0991 e. The molecule has 20 heavy (non-hydrogen) atoms. The van der Waals surface area contributed by atoms with Crippen LogP contribution in [0.5, 0.6) is 0 Å². The van der Waals surface area contributed by atoms with Gasteiger partial charge in [0.25, 0.3) is 0 Å². The highest BCUT2D eigenvalue weighted by Crippen LogP contribution is 2.27. The van der Waals surface area contributed by atoms with Gasteiger partial charge in [0.05, 0.1) is 23.6 Å². The molecule has 0 radical (unpaired) electrons. The summed E-state index contributed by atoms with van der Waals surface area (Å²) in [6.45, 7) is 0. The third-order valence-electron chi connectivity index (χ3n) is 3.01. The molecular weight excluding hydrogens is 291 g/mol. The van der Waals surface area contributed by atoms with Crippen LogP contribution in [0.1, 0.15) is 22.6 Å². The van der Waals surface area contributed by atoms with E-state index in [0.29, 0.717) is 22.0 Å². The Balaban J connectivity index is 2.29. The van der Waals surface area contributed by atoms with E-state index in [1.165, 1.54) is 0 Å². The SMILES string of the molecule is N#Cc1cccc(C(C#N)Cc2ccc(Cl)cc2Cl)c1. The molecule has 0 amide bonds. The summed E-state index contributed by atoms with van der Waals surface area (Å²) in [4.78, 5) is 0. The Morgan fingerprint density at radius 3 is 2.50 bits per heavy atom. The molecule has 0 heterocycles. The second-order valence-electron chi connectivity index (χ2n) is 4.36. The summed E-state index contributed by atoms with van der Waals surface area (Å²) in [6, 6.07) is 16.7. The molecule has 0 aliphatic heterocycles. The van der Waals surface area contributed by atoms with Crippen LogP contribution < -0.4 is 0 Å². The van der Waals surface area contributed by atoms with Crippen molar-refractivity contribution in [3.8, 4) is 12.1 Å². The van der Waals surface area contributed by atoms with Gasteiger partial charge in [-0.25, -0.2) is 0 Å². The van der Waals surface area contributed by atoms with Gasteiger partial charge in [0.1, 0.15) is 0 Å². The molecule has 0 saturated heterocycles. The monoisotopic (exact) mass is 300 g/mol. The largest absolute Gasteiger partial charge is 0.198 e. The molecule has 1 unspecified atom stereocenters. The van der Waals surface area contributed by atoms with Crippen molar-refractivity contribution in [2.75, 3.05) is 0 Å². The van der Waals surface area contributed by atoms with Crippen molar-refractivity contribution in [1.82, 2.24) is 0 Å². The third-order valence-corrected chi connectivity index (χ3v) is 3.60. The van der Waals surface area contributed by atoms with Crippen LogP contribution in [-0.2, 0) is 6.42 Å². The van der Waals surface area contributed by atoms with Gasteiger partial charge in [0.15, 0.2) is 0 Å². The Labute approximate surface area is 127 Å². The van der Waals surface area contributed by atoms with Gasteiger partial charge in [0.2, 0.25) is 0 Å². The van der Waals surface area contributed by atoms with Crippen LogP contribution in [0, 0.1) is 22.7 Å². The van der Waals surface area contributed by atoms with Crippen LogP contribution in [0.25, 0.3) is 0 Å². The van der Waals surface area contributed by atoms with Gasteiger partial charge in [-0.2, -0.15) is 10.5 Å². The van der Waals surface area contributed by atoms with Crippen molar-refractivity contribution in [2.24, 2.45) is 0 Å². The first kappa shape index (κ1) is 14.4. The maximum absolute atomic E-state index is 9.35. The van der Waals surface area contributed by atoms with Crippen molar-refractivity contribution in [2.45, 2.75) is 12.3 Å². The van der Waals surface area contributed by atoms with Crippen molar-refractivity contribution < 1.29 is 0 Å². The van der Waals surface area contributed by atoms with Gasteiger partial charge in [-0.05, 0) is 41.8 Å². The van der Waals surface area contributed by atoms with Gasteiger partial charge in [-0.3, -0.25) is 0 Å². The second kappa shape index (κ2) is 6.44. The number of rotatable bonds is 3. The molecule has 2 rings (SSSR count). The van der Waals surface area contributed by atoms with Crippen molar-refractivity contribution in [3.63, 3.8) is 0 Å². The van der Waals surface area contributed by atoms with Gasteiger partial charge in [-0.15, -0.1) is 0 Å². The van der Waals surface area contributed by atoms with E-state index in [0.717, 1.165) is 11.1 Å². The van der Waals surface area contributed by atoms with Crippen LogP contribution in [0.4, 0.5) is 0 Å². The maximum Gasteiger partial charge on any atom is 0.0991 e. The lowest BCUT2D eigenvalue weighted by Crippen LogP contribution is -2.01. The molecule has 0 bridgehead atoms. The zero-order chi connectivity index (χ0) is 14.5. The Hall–Kier alpha value is -2.00. The van der Waals surface area contributed by atoms with Crippen LogP contribution in [0.3, 0.4) is 0 Å². The van der Waals surface area contributed by atoms with E-state index in [-0.39, 0.29) is 5.92 Å². The normalized spacial score (nSPS) is 11.4. The topological polar surface area (TPSA) is 47.6 Å². The Morgan fingerprint density at radius 1 is 1.05 bits per heavy atom. The molecule has 0 aliphatic carbocycles. The zero-order valence-corrected chi connectivity index (χ0v) is 12.0. The number of hydrogen-bond acceptors (Lipinski definition) is 2. The molecule has 2 aromatic carbocycles. The molecule has 0 saturated carbocycles. The fourth-order valence-electron chi connectivity index (χ4n) is 1.97. The first-order valence-corrected chi connectivity index (χ1v) is 6.73. The van der Waals surface area contributed by atoms with Crippen molar-refractivity contribution in [3.05, 3.63) is 69.2 Å². The van der Waals surface area contributed by atoms with E-state index in [2.05, 4.69) is 12.1 Å². The van der Waals surface area contributed by atoms with E-state index in [9.17, 15) is 5.26 Å². The summed E-state index contributed by atoms with van der Waals surface area (Å²) in [6.07, 6.45) is 0.487. The lowest BCUT2D eigenvalue weighted by molar-refractivity contribution is 0.849. The highest BCUT2D eigenvalue weighted by atomic mass is 35.5. The lowest BCUT2D eigenvalue weighted by atomic mass is 9.92. The predicted molar refractivity (Wildman–Crippen MR) is 79.7 cm³/mol. The lowest BCUT2D eigenvalue weighted by Gasteiger charge is -2.11. The summed E-state index contributed by atoms with van der Waals surface area (Å²) >= 11 is 12.0. The molecule has 2 aromatic rings. The van der Waals surface area contributed by atoms with E-state index in [1.807, 2.05) is 12.1 Å². The molecule has 0 aromatic heterocycles. The minimum atomic E-state index is -0.345. The van der Waals surface area contributed by atoms with Crippen LogP contribution in [-0.4, -0.2) is 0 Å². The standard InChI is InChI=1S/C16H10Cl2N2/c17-15-5-4-13(16(18)8-15)7-14(10-20)12-3-1-2-11(6-12)9-19/h1-6,8,14H,7H2. The number of nitriles is 2. The molecule has 2 nitrogen and oxygen atoms in total. The minimum Gasteiger partial charge on any atom is -0.198 e. The molecule has 4 heteroatoms. The number of hydrogen-bond donors (Lipinski definition) is 0. The summed E-state index contributed by atoms with van der Waals surface area (Å²) < 4.78 is 0. The number of benzene rings is 2. The average Bonchev–Trinajstić information content (AvgIpc) is 2.46. The highest BCUT2D eigenvalue weighted by molar-refractivity contribution is 6.35. The van der Waals surface area contributed by atoms with Crippen LogP contribution in [0.15, 0.2) is 42.5 Å². The highest BCUT2D eigenvalue weighted by Gasteiger charge is 2.14. The Bertz CT molecular complexity index is 711. The van der Waals surface area contributed by atoms with Crippen LogP contribution in [0.2, 0.25) is 10.0 Å². The number of halogens is 2. The fraction of sp³-hybridized carbons (Fsp3) is 0.125. The van der Waals surface area contributed by atoms with Gasteiger partial charge in [0, 0.05) is 10.0 Å². The maximum atomic E-state index is 9.35. The summed E-state index contributed by atoms with van der Waals surface area (Å²) in [5.41, 5.74) is 2.23. The van der Waals surface area contributed by atoms with Gasteiger partial charge >= 0.3 is 0 Å². The van der Waals surface area contributed by atoms with E-state index in [1.54, 1.807) is 30.3 Å². The predicted octanol–water partition coefficient (Wildman–Crippen LogP) is 4.71. The van der Waals surface area contributed by atoms with E-state index in [4.69, 9.17) is 28.5 Å². The average molecular weight is 301 g/mol. The molecule has 0 aliphatic rings.